The number of urea groups is 1. The molecule has 0 bridgehead atoms. The van der Waals surface area contributed by atoms with Crippen LogP contribution in [0.2, 0.25) is 0 Å². The third-order valence-corrected chi connectivity index (χ3v) is 5.17. The first-order chi connectivity index (χ1) is 9.87. The Labute approximate surface area is 126 Å². The van der Waals surface area contributed by atoms with Gasteiger partial charge in [-0.3, -0.25) is 9.69 Å². The molecule has 2 aliphatic rings. The Hall–Kier alpha value is -1.30. The molecule has 0 saturated carbocycles. The molecule has 0 aromatic carbocycles. The zero-order chi connectivity index (χ0) is 15.6. The number of carboxylic acids is 1. The van der Waals surface area contributed by atoms with Gasteiger partial charge in [-0.05, 0) is 33.2 Å². The maximum absolute atomic E-state index is 12.6. The molecule has 2 amide bonds. The van der Waals surface area contributed by atoms with Gasteiger partial charge >= 0.3 is 12.0 Å². The summed E-state index contributed by atoms with van der Waals surface area (Å²) in [4.78, 5) is 29.9. The zero-order valence-electron chi connectivity index (χ0n) is 13.3. The van der Waals surface area contributed by atoms with Crippen molar-refractivity contribution in [1.29, 1.82) is 0 Å². The lowest BCUT2D eigenvalue weighted by molar-refractivity contribution is -0.150. The molecule has 2 rings (SSSR count). The Morgan fingerprint density at radius 2 is 1.76 bits per heavy atom. The zero-order valence-corrected chi connectivity index (χ0v) is 13.3. The standard InChI is InChI=1S/C15H27N3O3/c1-4-12-11-18(10-9-16(12)3)14(21)17-7-5-15(2,6-8-17)13(19)20/h12H,4-11H2,1-3H3,(H,19,20). The number of carboxylic acid groups (broad SMARTS) is 1. The van der Waals surface area contributed by atoms with Crippen LogP contribution in [-0.2, 0) is 4.79 Å². The van der Waals surface area contributed by atoms with E-state index in [1.165, 1.54) is 0 Å². The first kappa shape index (κ1) is 16.1. The van der Waals surface area contributed by atoms with Crippen LogP contribution in [0.15, 0.2) is 0 Å². The molecular formula is C15H27N3O3. The molecule has 0 spiro atoms. The molecular weight excluding hydrogens is 270 g/mol. The van der Waals surface area contributed by atoms with Crippen molar-refractivity contribution < 1.29 is 14.7 Å². The van der Waals surface area contributed by atoms with Gasteiger partial charge in [0.05, 0.1) is 5.41 Å². The summed E-state index contributed by atoms with van der Waals surface area (Å²) in [6.45, 7) is 7.46. The van der Waals surface area contributed by atoms with Gasteiger partial charge in [-0.1, -0.05) is 6.92 Å². The number of hydrogen-bond acceptors (Lipinski definition) is 3. The van der Waals surface area contributed by atoms with Gasteiger partial charge in [-0.25, -0.2) is 4.79 Å². The van der Waals surface area contributed by atoms with Crippen molar-refractivity contribution in [2.75, 3.05) is 39.8 Å². The number of rotatable bonds is 2. The fourth-order valence-electron chi connectivity index (χ4n) is 3.17. The van der Waals surface area contributed by atoms with Gasteiger partial charge in [0.15, 0.2) is 0 Å². The molecule has 2 aliphatic heterocycles. The van der Waals surface area contributed by atoms with E-state index in [1.54, 1.807) is 6.92 Å². The van der Waals surface area contributed by atoms with E-state index in [2.05, 4.69) is 18.9 Å². The molecule has 0 radical (unpaired) electrons. The van der Waals surface area contributed by atoms with Crippen LogP contribution in [0, 0.1) is 5.41 Å². The maximum Gasteiger partial charge on any atom is 0.320 e. The monoisotopic (exact) mass is 297 g/mol. The summed E-state index contributed by atoms with van der Waals surface area (Å²) in [5.74, 6) is -0.750. The van der Waals surface area contributed by atoms with Gasteiger partial charge in [-0.15, -0.1) is 0 Å². The van der Waals surface area contributed by atoms with Crippen molar-refractivity contribution in [3.63, 3.8) is 0 Å². The number of likely N-dealkylation sites (tertiary alicyclic amines) is 1. The molecule has 2 fully saturated rings. The smallest absolute Gasteiger partial charge is 0.320 e. The molecule has 0 aromatic heterocycles. The van der Waals surface area contributed by atoms with Crippen LogP contribution in [0.5, 0.6) is 0 Å². The molecule has 120 valence electrons. The molecule has 6 nitrogen and oxygen atoms in total. The Kier molecular flexibility index (Phi) is 4.76. The van der Waals surface area contributed by atoms with E-state index in [4.69, 9.17) is 0 Å². The van der Waals surface area contributed by atoms with E-state index in [0.717, 1.165) is 26.1 Å². The van der Waals surface area contributed by atoms with E-state index in [1.807, 2.05) is 9.80 Å². The van der Waals surface area contributed by atoms with Crippen molar-refractivity contribution in [1.82, 2.24) is 14.7 Å². The first-order valence-electron chi connectivity index (χ1n) is 7.85. The quantitative estimate of drug-likeness (QED) is 0.835. The fraction of sp³-hybridized carbons (Fsp3) is 0.867. The second-order valence-corrected chi connectivity index (χ2v) is 6.62. The average molecular weight is 297 g/mol. The molecule has 1 N–H and O–H groups in total. The molecule has 6 heteroatoms. The average Bonchev–Trinajstić information content (AvgIpc) is 2.47. The minimum Gasteiger partial charge on any atom is -0.481 e. The van der Waals surface area contributed by atoms with Crippen LogP contribution in [-0.4, -0.2) is 77.6 Å². The predicted molar refractivity (Wildman–Crippen MR) is 80.2 cm³/mol. The van der Waals surface area contributed by atoms with Crippen molar-refractivity contribution in [2.24, 2.45) is 5.41 Å². The third-order valence-electron chi connectivity index (χ3n) is 5.17. The molecule has 0 aromatic rings. The summed E-state index contributed by atoms with van der Waals surface area (Å²) in [5, 5.41) is 9.25. The largest absolute Gasteiger partial charge is 0.481 e. The minimum absolute atomic E-state index is 0.0778. The van der Waals surface area contributed by atoms with Gasteiger partial charge in [0.1, 0.15) is 0 Å². The number of carbonyl (C=O) groups excluding carboxylic acids is 1. The van der Waals surface area contributed by atoms with Crippen LogP contribution in [0.1, 0.15) is 33.1 Å². The molecule has 1 atom stereocenters. The molecule has 21 heavy (non-hydrogen) atoms. The number of piperazine rings is 1. The van der Waals surface area contributed by atoms with E-state index < -0.39 is 11.4 Å². The highest BCUT2D eigenvalue weighted by atomic mass is 16.4. The SMILES string of the molecule is CCC1CN(C(=O)N2CCC(C)(C(=O)O)CC2)CCN1C. The number of aliphatic carboxylic acids is 1. The normalized spacial score (nSPS) is 26.7. The van der Waals surface area contributed by atoms with Crippen molar-refractivity contribution in [2.45, 2.75) is 39.2 Å². The lowest BCUT2D eigenvalue weighted by atomic mass is 9.80. The van der Waals surface area contributed by atoms with E-state index in [9.17, 15) is 14.7 Å². The Morgan fingerprint density at radius 3 is 2.29 bits per heavy atom. The highest BCUT2D eigenvalue weighted by molar-refractivity contribution is 5.77. The second kappa shape index (κ2) is 6.22. The molecule has 1 unspecified atom stereocenters. The summed E-state index contributed by atoms with van der Waals surface area (Å²) in [7, 11) is 2.11. The van der Waals surface area contributed by atoms with E-state index in [-0.39, 0.29) is 6.03 Å². The van der Waals surface area contributed by atoms with E-state index >= 15 is 0 Å². The van der Waals surface area contributed by atoms with Crippen LogP contribution in [0.3, 0.4) is 0 Å². The number of piperidine rings is 1. The summed E-state index contributed by atoms with van der Waals surface area (Å²) < 4.78 is 0. The van der Waals surface area contributed by atoms with Crippen LogP contribution in [0.25, 0.3) is 0 Å². The van der Waals surface area contributed by atoms with Crippen LogP contribution < -0.4 is 0 Å². The van der Waals surface area contributed by atoms with Gasteiger partial charge in [0.25, 0.3) is 0 Å². The minimum atomic E-state index is -0.750. The first-order valence-corrected chi connectivity index (χ1v) is 7.85. The molecule has 2 heterocycles. The number of nitrogens with zero attached hydrogens (tertiary/aromatic N) is 3. The summed E-state index contributed by atoms with van der Waals surface area (Å²) >= 11 is 0. The van der Waals surface area contributed by atoms with Gasteiger partial charge in [0.2, 0.25) is 0 Å². The fourth-order valence-corrected chi connectivity index (χ4v) is 3.17. The number of likely N-dealkylation sites (N-methyl/N-ethyl adjacent to an activating group) is 1. The van der Waals surface area contributed by atoms with Crippen molar-refractivity contribution >= 4 is 12.0 Å². The number of carbonyl (C=O) groups is 2. The summed E-state index contributed by atoms with van der Waals surface area (Å²) in [6.07, 6.45) is 2.12. The summed E-state index contributed by atoms with van der Waals surface area (Å²) in [6, 6.07) is 0.505. The van der Waals surface area contributed by atoms with Gasteiger partial charge in [0, 0.05) is 38.8 Å². The third kappa shape index (κ3) is 3.31. The van der Waals surface area contributed by atoms with Crippen LogP contribution in [0.4, 0.5) is 4.79 Å². The Bertz CT molecular complexity index is 405. The van der Waals surface area contributed by atoms with Gasteiger partial charge < -0.3 is 14.9 Å². The highest BCUT2D eigenvalue weighted by Crippen LogP contribution is 2.31. The Balaban J connectivity index is 1.92. The summed E-state index contributed by atoms with van der Waals surface area (Å²) in [5.41, 5.74) is -0.676. The second-order valence-electron chi connectivity index (χ2n) is 6.62. The lowest BCUT2D eigenvalue weighted by Crippen LogP contribution is -2.57. The topological polar surface area (TPSA) is 64.1 Å². The van der Waals surface area contributed by atoms with Crippen molar-refractivity contribution in [3.05, 3.63) is 0 Å². The maximum atomic E-state index is 12.6. The van der Waals surface area contributed by atoms with Crippen molar-refractivity contribution in [3.8, 4) is 0 Å². The molecule has 2 saturated heterocycles. The Morgan fingerprint density at radius 1 is 1.14 bits per heavy atom. The van der Waals surface area contributed by atoms with E-state index in [0.29, 0.717) is 32.0 Å². The van der Waals surface area contributed by atoms with Crippen LogP contribution >= 0.6 is 0 Å². The van der Waals surface area contributed by atoms with Gasteiger partial charge in [-0.2, -0.15) is 0 Å². The number of hydrogen-bond donors (Lipinski definition) is 1. The number of amides is 2. The predicted octanol–water partition coefficient (Wildman–Crippen LogP) is 1.32. The molecule has 0 aliphatic carbocycles. The lowest BCUT2D eigenvalue weighted by Gasteiger charge is -2.43. The highest BCUT2D eigenvalue weighted by Gasteiger charge is 2.39.